The fraction of sp³-hybridized carbons (Fsp3) is 0.483. The Morgan fingerprint density at radius 2 is 1.82 bits per heavy atom. The summed E-state index contributed by atoms with van der Waals surface area (Å²) in [5.41, 5.74) is 4.43. The predicted octanol–water partition coefficient (Wildman–Crippen LogP) is 6.11. The van der Waals surface area contributed by atoms with Gasteiger partial charge in [0.05, 0.1) is 24.3 Å². The van der Waals surface area contributed by atoms with Crippen molar-refractivity contribution in [2.75, 3.05) is 27.1 Å². The van der Waals surface area contributed by atoms with Crippen LogP contribution in [0.15, 0.2) is 54.6 Å². The number of pyridine rings is 1. The Morgan fingerprint density at radius 1 is 1.06 bits per heavy atom. The summed E-state index contributed by atoms with van der Waals surface area (Å²) >= 11 is 0. The lowest BCUT2D eigenvalue weighted by atomic mass is 9.94. The van der Waals surface area contributed by atoms with Crippen molar-refractivity contribution in [2.24, 2.45) is 11.3 Å². The number of hydrogen-bond donors (Lipinski definition) is 0. The van der Waals surface area contributed by atoms with Gasteiger partial charge in [-0.3, -0.25) is 4.98 Å². The van der Waals surface area contributed by atoms with Gasteiger partial charge in [0.15, 0.2) is 0 Å². The van der Waals surface area contributed by atoms with Crippen molar-refractivity contribution in [3.63, 3.8) is 0 Å². The second-order valence-electron chi connectivity index (χ2n) is 10.5. The molecule has 0 radical (unpaired) electrons. The zero-order chi connectivity index (χ0) is 24.2. The quantitative estimate of drug-likeness (QED) is 0.254. The second-order valence-corrected chi connectivity index (χ2v) is 10.5. The van der Waals surface area contributed by atoms with E-state index >= 15 is 0 Å². The number of fused-ring (bicyclic) bond motifs is 1. The first-order valence-corrected chi connectivity index (χ1v) is 12.1. The summed E-state index contributed by atoms with van der Waals surface area (Å²) in [6.45, 7) is 10.4. The number of para-hydroxylation sites is 1. The van der Waals surface area contributed by atoms with Gasteiger partial charge >= 0.3 is 0 Å². The molecule has 1 heterocycles. The Bertz CT molecular complexity index is 1090. The Morgan fingerprint density at radius 3 is 2.56 bits per heavy atom. The molecule has 1 saturated carbocycles. The number of nitrogens with zero attached hydrogens (tertiary/aromatic N) is 1. The Labute approximate surface area is 203 Å². The van der Waals surface area contributed by atoms with Gasteiger partial charge in [0.2, 0.25) is 0 Å². The smallest absolute Gasteiger partial charge is 0.147 e. The molecule has 1 aromatic heterocycles. The van der Waals surface area contributed by atoms with Crippen LogP contribution >= 0.6 is 0 Å². The monoisotopic (exact) mass is 463 g/mol. The lowest BCUT2D eigenvalue weighted by Gasteiger charge is -2.20. The third-order valence-electron chi connectivity index (χ3n) is 6.49. The van der Waals surface area contributed by atoms with Gasteiger partial charge in [0.1, 0.15) is 19.1 Å². The highest BCUT2D eigenvalue weighted by Crippen LogP contribution is 2.55. The van der Waals surface area contributed by atoms with Crippen molar-refractivity contribution in [2.45, 2.75) is 52.7 Å². The van der Waals surface area contributed by atoms with E-state index in [-0.39, 0.29) is 11.0 Å². The van der Waals surface area contributed by atoms with Crippen LogP contribution in [0, 0.1) is 18.3 Å². The Balaban J connectivity index is 1.33. The van der Waals surface area contributed by atoms with Gasteiger partial charge in [0, 0.05) is 29.2 Å². The first kappa shape index (κ1) is 24.6. The average Bonchev–Trinajstić information content (AvgIpc) is 3.47. The molecule has 2 aromatic carbocycles. The number of aromatic nitrogens is 1. The van der Waals surface area contributed by atoms with Crippen LogP contribution in [0.3, 0.4) is 0 Å². The number of benzene rings is 2. The minimum Gasteiger partial charge on any atom is -0.489 e. The van der Waals surface area contributed by atoms with E-state index in [1.54, 1.807) is 7.11 Å². The van der Waals surface area contributed by atoms with Gasteiger partial charge in [-0.15, -0.1) is 0 Å². The van der Waals surface area contributed by atoms with Crippen LogP contribution in [0.4, 0.5) is 0 Å². The summed E-state index contributed by atoms with van der Waals surface area (Å²) in [7, 11) is 1.78. The maximum atomic E-state index is 6.13. The summed E-state index contributed by atoms with van der Waals surface area (Å²) in [6.07, 6.45) is 2.09. The molecule has 0 saturated heterocycles. The standard InChI is InChI=1S/C29H37NO4/c1-21-14-23(26-8-6-7-9-27(26)30-21)17-33-25-12-10-22(11-13-25)15-29(19-31-5)16-24(29)18-32-20-34-28(2,3)4/h6-14,24H,15-20H2,1-5H3/t24-,29-/m1/s1. The SMILES string of the molecule is COC[C@@]1(Cc2ccc(OCc3cc(C)nc4ccccc34)cc2)C[C@@H]1COCOC(C)(C)C. The number of rotatable bonds is 11. The zero-order valence-corrected chi connectivity index (χ0v) is 21.1. The molecule has 182 valence electrons. The molecule has 0 aliphatic heterocycles. The molecule has 1 fully saturated rings. The van der Waals surface area contributed by atoms with Crippen LogP contribution in [0.25, 0.3) is 10.9 Å². The predicted molar refractivity (Wildman–Crippen MR) is 135 cm³/mol. The molecule has 4 rings (SSSR count). The molecule has 3 aromatic rings. The maximum Gasteiger partial charge on any atom is 0.147 e. The van der Waals surface area contributed by atoms with Crippen molar-refractivity contribution in [1.29, 1.82) is 0 Å². The molecule has 1 aliphatic rings. The number of ether oxygens (including phenoxy) is 4. The van der Waals surface area contributed by atoms with Crippen LogP contribution in [0.5, 0.6) is 5.75 Å². The van der Waals surface area contributed by atoms with E-state index in [9.17, 15) is 0 Å². The fourth-order valence-corrected chi connectivity index (χ4v) is 4.59. The highest BCUT2D eigenvalue weighted by Gasteiger charge is 2.53. The van der Waals surface area contributed by atoms with E-state index < -0.39 is 0 Å². The third-order valence-corrected chi connectivity index (χ3v) is 6.49. The Kier molecular flexibility index (Phi) is 7.56. The summed E-state index contributed by atoms with van der Waals surface area (Å²) in [6, 6.07) is 18.8. The first-order chi connectivity index (χ1) is 16.3. The molecule has 0 bridgehead atoms. The van der Waals surface area contributed by atoms with Crippen molar-refractivity contribution in [3.8, 4) is 5.75 Å². The molecular weight excluding hydrogens is 426 g/mol. The van der Waals surface area contributed by atoms with Gasteiger partial charge in [-0.2, -0.15) is 0 Å². The fourth-order valence-electron chi connectivity index (χ4n) is 4.59. The molecule has 0 spiro atoms. The van der Waals surface area contributed by atoms with Crippen LogP contribution in [0.1, 0.15) is 44.0 Å². The molecule has 1 aliphatic carbocycles. The van der Waals surface area contributed by atoms with Crippen molar-refractivity contribution < 1.29 is 18.9 Å². The number of aryl methyl sites for hydroxylation is 1. The van der Waals surface area contributed by atoms with Crippen LogP contribution in [-0.4, -0.2) is 37.7 Å². The molecule has 0 N–H and O–H groups in total. The number of hydrogen-bond acceptors (Lipinski definition) is 5. The Hall–Kier alpha value is -2.47. The highest BCUT2D eigenvalue weighted by atomic mass is 16.7. The highest BCUT2D eigenvalue weighted by molar-refractivity contribution is 5.82. The molecule has 0 unspecified atom stereocenters. The molecule has 5 heteroatoms. The molecule has 34 heavy (non-hydrogen) atoms. The van der Waals surface area contributed by atoms with Gasteiger partial charge in [-0.25, -0.2) is 0 Å². The van der Waals surface area contributed by atoms with E-state index in [0.717, 1.165) is 47.4 Å². The molecule has 2 atom stereocenters. The van der Waals surface area contributed by atoms with Gasteiger partial charge in [-0.05, 0) is 76.3 Å². The van der Waals surface area contributed by atoms with E-state index in [1.807, 2.05) is 45.9 Å². The van der Waals surface area contributed by atoms with Crippen molar-refractivity contribution in [1.82, 2.24) is 4.98 Å². The van der Waals surface area contributed by atoms with Crippen molar-refractivity contribution in [3.05, 3.63) is 71.4 Å². The summed E-state index contributed by atoms with van der Waals surface area (Å²) < 4.78 is 23.2. The summed E-state index contributed by atoms with van der Waals surface area (Å²) in [4.78, 5) is 4.62. The third kappa shape index (κ3) is 6.35. The number of methoxy groups -OCH3 is 1. The van der Waals surface area contributed by atoms with Crippen molar-refractivity contribution >= 4 is 10.9 Å². The summed E-state index contributed by atoms with van der Waals surface area (Å²) in [5, 5.41) is 1.14. The van der Waals surface area contributed by atoms with Gasteiger partial charge in [0.25, 0.3) is 0 Å². The van der Waals surface area contributed by atoms with Crippen LogP contribution in [0.2, 0.25) is 0 Å². The zero-order valence-electron chi connectivity index (χ0n) is 21.1. The summed E-state index contributed by atoms with van der Waals surface area (Å²) in [5.74, 6) is 1.37. The average molecular weight is 464 g/mol. The van der Waals surface area contributed by atoms with Crippen LogP contribution < -0.4 is 4.74 Å². The van der Waals surface area contributed by atoms with E-state index in [4.69, 9.17) is 18.9 Å². The van der Waals surface area contributed by atoms with Gasteiger partial charge < -0.3 is 18.9 Å². The largest absolute Gasteiger partial charge is 0.489 e. The maximum absolute atomic E-state index is 6.13. The van der Waals surface area contributed by atoms with E-state index in [1.165, 1.54) is 5.56 Å². The molecule has 5 nitrogen and oxygen atoms in total. The lowest BCUT2D eigenvalue weighted by molar-refractivity contribution is -0.123. The van der Waals surface area contributed by atoms with E-state index in [2.05, 4.69) is 41.4 Å². The normalized spacial score (nSPS) is 20.0. The minimum atomic E-state index is -0.180. The van der Waals surface area contributed by atoms with Gasteiger partial charge in [-0.1, -0.05) is 30.3 Å². The minimum absolute atomic E-state index is 0.145. The lowest BCUT2D eigenvalue weighted by Crippen LogP contribution is -2.22. The van der Waals surface area contributed by atoms with Crippen LogP contribution in [-0.2, 0) is 27.2 Å². The van der Waals surface area contributed by atoms with E-state index in [0.29, 0.717) is 25.9 Å². The molecular formula is C29H37NO4. The topological polar surface area (TPSA) is 49.8 Å². The first-order valence-electron chi connectivity index (χ1n) is 12.1. The molecule has 0 amide bonds. The second kappa shape index (κ2) is 10.4.